The molecule has 1 amide bonds. The van der Waals surface area contributed by atoms with Gasteiger partial charge in [-0.2, -0.15) is 12.7 Å². The van der Waals surface area contributed by atoms with Crippen LogP contribution < -0.4 is 9.03 Å². The summed E-state index contributed by atoms with van der Waals surface area (Å²) in [4.78, 5) is 12.1. The summed E-state index contributed by atoms with van der Waals surface area (Å²) in [5, 5.41) is 0.408. The number of hydrogen-bond acceptors (Lipinski definition) is 3. The van der Waals surface area contributed by atoms with Gasteiger partial charge in [-0.15, -0.1) is 0 Å². The van der Waals surface area contributed by atoms with Crippen molar-refractivity contribution in [2.75, 3.05) is 9.03 Å². The number of rotatable bonds is 3. The lowest BCUT2D eigenvalue weighted by Crippen LogP contribution is -2.43. The quantitative estimate of drug-likeness (QED) is 0.937. The van der Waals surface area contributed by atoms with Crippen molar-refractivity contribution in [3.05, 3.63) is 59.1 Å². The summed E-state index contributed by atoms with van der Waals surface area (Å²) in [5.74, 6) is -0.451. The van der Waals surface area contributed by atoms with E-state index in [1.54, 1.807) is 30.3 Å². The maximum atomic E-state index is 12.6. The van der Waals surface area contributed by atoms with Crippen molar-refractivity contribution in [2.24, 2.45) is 0 Å². The number of fused-ring (bicyclic) bond motifs is 1. The van der Waals surface area contributed by atoms with Crippen molar-refractivity contribution in [3.8, 4) is 0 Å². The van der Waals surface area contributed by atoms with Crippen molar-refractivity contribution >= 4 is 39.1 Å². The van der Waals surface area contributed by atoms with Gasteiger partial charge >= 0.3 is 10.2 Å². The number of carbonyl (C=O) groups excluding carboxylic acids is 1. The number of nitrogens with zero attached hydrogens (tertiary/aromatic N) is 1. The molecular formula is C15H13ClN2O3S. The lowest BCUT2D eigenvalue weighted by atomic mass is 10.0. The predicted octanol–water partition coefficient (Wildman–Crippen LogP) is 2.98. The summed E-state index contributed by atoms with van der Waals surface area (Å²) in [6.07, 6.45) is 0.700. The maximum absolute atomic E-state index is 12.6. The highest BCUT2D eigenvalue weighted by molar-refractivity contribution is 7.94. The Kier molecular flexibility index (Phi) is 3.80. The van der Waals surface area contributed by atoms with E-state index in [0.29, 0.717) is 22.8 Å². The van der Waals surface area contributed by atoms with Crippen LogP contribution in [0.3, 0.4) is 0 Å². The summed E-state index contributed by atoms with van der Waals surface area (Å²) >= 11 is 5.85. The maximum Gasteiger partial charge on any atom is 0.330 e. The first-order valence-electron chi connectivity index (χ1n) is 6.67. The molecule has 1 aliphatic rings. The minimum atomic E-state index is -4.04. The first kappa shape index (κ1) is 14.9. The zero-order valence-electron chi connectivity index (χ0n) is 11.5. The lowest BCUT2D eigenvalue weighted by molar-refractivity contribution is -0.117. The van der Waals surface area contributed by atoms with Crippen LogP contribution in [0, 0.1) is 0 Å². The van der Waals surface area contributed by atoms with Crippen LogP contribution >= 0.6 is 11.6 Å². The number of nitrogens with one attached hydrogen (secondary N) is 1. The SMILES string of the molecule is O=C1CCc2ccccc2N1S(=O)(=O)Nc1cccc(Cl)c1. The van der Waals surface area contributed by atoms with Crippen LogP contribution in [0.4, 0.5) is 11.4 Å². The fourth-order valence-corrected chi connectivity index (χ4v) is 3.91. The monoisotopic (exact) mass is 336 g/mol. The van der Waals surface area contributed by atoms with Gasteiger partial charge < -0.3 is 0 Å². The highest BCUT2D eigenvalue weighted by atomic mass is 35.5. The topological polar surface area (TPSA) is 66.5 Å². The Balaban J connectivity index is 2.00. The Hall–Kier alpha value is -2.05. The number of halogens is 1. The van der Waals surface area contributed by atoms with Crippen LogP contribution in [0.5, 0.6) is 0 Å². The molecule has 3 rings (SSSR count). The second-order valence-electron chi connectivity index (χ2n) is 4.90. The molecule has 22 heavy (non-hydrogen) atoms. The number of carbonyl (C=O) groups is 1. The Morgan fingerprint density at radius 1 is 1.05 bits per heavy atom. The van der Waals surface area contributed by atoms with E-state index in [4.69, 9.17) is 11.6 Å². The molecule has 0 aromatic heterocycles. The van der Waals surface area contributed by atoms with Crippen LogP contribution in [0.25, 0.3) is 0 Å². The number of amides is 1. The third-order valence-electron chi connectivity index (χ3n) is 3.36. The van der Waals surface area contributed by atoms with Crippen LogP contribution in [0.1, 0.15) is 12.0 Å². The van der Waals surface area contributed by atoms with E-state index in [1.807, 2.05) is 12.1 Å². The van der Waals surface area contributed by atoms with E-state index in [1.165, 1.54) is 6.07 Å². The van der Waals surface area contributed by atoms with Crippen molar-refractivity contribution in [2.45, 2.75) is 12.8 Å². The first-order valence-corrected chi connectivity index (χ1v) is 8.48. The Morgan fingerprint density at radius 3 is 2.59 bits per heavy atom. The first-order chi connectivity index (χ1) is 10.5. The number of anilines is 2. The van der Waals surface area contributed by atoms with Crippen molar-refractivity contribution < 1.29 is 13.2 Å². The molecule has 5 nitrogen and oxygen atoms in total. The fourth-order valence-electron chi connectivity index (χ4n) is 2.41. The molecule has 7 heteroatoms. The third-order valence-corrected chi connectivity index (χ3v) is 4.97. The molecule has 1 heterocycles. The zero-order valence-corrected chi connectivity index (χ0v) is 13.1. The molecule has 0 unspecified atom stereocenters. The normalized spacial score (nSPS) is 14.6. The van der Waals surface area contributed by atoms with Gasteiger partial charge in [-0.1, -0.05) is 35.9 Å². The Labute approximate surface area is 133 Å². The van der Waals surface area contributed by atoms with Crippen LogP contribution in [0.15, 0.2) is 48.5 Å². The average Bonchev–Trinajstić information content (AvgIpc) is 2.46. The van der Waals surface area contributed by atoms with E-state index in [2.05, 4.69) is 4.72 Å². The minimum Gasteiger partial charge on any atom is -0.273 e. The van der Waals surface area contributed by atoms with Crippen LogP contribution in [-0.2, 0) is 21.4 Å². The molecule has 2 aromatic rings. The highest BCUT2D eigenvalue weighted by Crippen LogP contribution is 2.30. The summed E-state index contributed by atoms with van der Waals surface area (Å²) in [7, 11) is -4.04. The summed E-state index contributed by atoms with van der Waals surface area (Å²) < 4.78 is 28.4. The van der Waals surface area contributed by atoms with Crippen molar-refractivity contribution in [3.63, 3.8) is 0 Å². The van der Waals surface area contributed by atoms with Crippen molar-refractivity contribution in [1.82, 2.24) is 0 Å². The summed E-state index contributed by atoms with van der Waals surface area (Å²) in [5.41, 5.74) is 1.54. The molecule has 114 valence electrons. The van der Waals surface area contributed by atoms with Gasteiger partial charge in [0.25, 0.3) is 0 Å². The van der Waals surface area contributed by atoms with Crippen molar-refractivity contribution in [1.29, 1.82) is 0 Å². The lowest BCUT2D eigenvalue weighted by Gasteiger charge is -2.28. The van der Waals surface area contributed by atoms with E-state index in [-0.39, 0.29) is 6.42 Å². The summed E-state index contributed by atoms with van der Waals surface area (Å²) in [6.45, 7) is 0. The molecule has 0 saturated carbocycles. The third kappa shape index (κ3) is 2.80. The molecular weight excluding hydrogens is 324 g/mol. The molecule has 0 spiro atoms. The fraction of sp³-hybridized carbons (Fsp3) is 0.133. The van der Waals surface area contributed by atoms with E-state index < -0.39 is 16.1 Å². The summed E-state index contributed by atoms with van der Waals surface area (Å²) in [6, 6.07) is 13.3. The van der Waals surface area contributed by atoms with Gasteiger partial charge in [0.1, 0.15) is 0 Å². The molecule has 0 saturated heterocycles. The molecule has 0 bridgehead atoms. The van der Waals surface area contributed by atoms with Gasteiger partial charge in [-0.25, -0.2) is 0 Å². The minimum absolute atomic E-state index is 0.160. The van der Waals surface area contributed by atoms with E-state index >= 15 is 0 Å². The molecule has 2 aromatic carbocycles. The highest BCUT2D eigenvalue weighted by Gasteiger charge is 2.33. The van der Waals surface area contributed by atoms with Gasteiger partial charge in [0.2, 0.25) is 5.91 Å². The standard InChI is InChI=1S/C15H13ClN2O3S/c16-12-5-3-6-13(10-12)17-22(20,21)18-14-7-2-1-4-11(14)8-9-15(18)19/h1-7,10,17H,8-9H2. The van der Waals surface area contributed by atoms with Gasteiger partial charge in [0, 0.05) is 11.4 Å². The number of aryl methyl sites for hydroxylation is 1. The van der Waals surface area contributed by atoms with Gasteiger partial charge in [-0.3, -0.25) is 9.52 Å². The molecule has 0 fully saturated rings. The zero-order chi connectivity index (χ0) is 15.7. The molecule has 0 atom stereocenters. The molecule has 1 N–H and O–H groups in total. The number of benzene rings is 2. The predicted molar refractivity (Wildman–Crippen MR) is 86.2 cm³/mol. The second kappa shape index (κ2) is 5.62. The van der Waals surface area contributed by atoms with Gasteiger partial charge in [0.05, 0.1) is 11.4 Å². The molecule has 0 aliphatic carbocycles. The molecule has 1 aliphatic heterocycles. The molecule has 0 radical (unpaired) electrons. The van der Waals surface area contributed by atoms with Crippen LogP contribution in [0.2, 0.25) is 5.02 Å². The Morgan fingerprint density at radius 2 is 1.82 bits per heavy atom. The Bertz CT molecular complexity index is 836. The smallest absolute Gasteiger partial charge is 0.273 e. The number of hydrogen-bond donors (Lipinski definition) is 1. The van der Waals surface area contributed by atoms with E-state index in [0.717, 1.165) is 9.87 Å². The van der Waals surface area contributed by atoms with Gasteiger partial charge in [0.15, 0.2) is 0 Å². The number of para-hydroxylation sites is 1. The second-order valence-corrected chi connectivity index (χ2v) is 6.86. The van der Waals surface area contributed by atoms with Gasteiger partial charge in [-0.05, 0) is 36.2 Å². The van der Waals surface area contributed by atoms with Crippen LogP contribution in [-0.4, -0.2) is 14.3 Å². The average molecular weight is 337 g/mol. The largest absolute Gasteiger partial charge is 0.330 e. The van der Waals surface area contributed by atoms with E-state index in [9.17, 15) is 13.2 Å².